The molecule has 0 saturated carbocycles. The Kier molecular flexibility index (Phi) is 11.0. The normalized spacial score (nSPS) is 21.3. The summed E-state index contributed by atoms with van der Waals surface area (Å²) < 4.78 is 0. The van der Waals surface area contributed by atoms with Gasteiger partial charge in [0.2, 0.25) is 5.91 Å². The number of carbonyl (C=O) groups is 2. The third-order valence-corrected chi connectivity index (χ3v) is 5.06. The number of Topliss-reactive ketones (excluding diaryl/α,β-unsaturated/α-hetero) is 1. The van der Waals surface area contributed by atoms with Gasteiger partial charge in [0, 0.05) is 45.4 Å². The number of likely N-dealkylation sites (tertiary alicyclic amines) is 1. The van der Waals surface area contributed by atoms with Crippen LogP contribution in [-0.4, -0.2) is 54.2 Å². The van der Waals surface area contributed by atoms with Crippen molar-refractivity contribution in [3.8, 4) is 0 Å². The number of hydrogen-bond acceptors (Lipinski definition) is 3. The lowest BCUT2D eigenvalue weighted by molar-refractivity contribution is -0.131. The molecule has 0 N–H and O–H groups in total. The SMILES string of the molecule is CCCN(CCC)C(=O)CCCC(=O)CCCN1CC(C)CC(C)C1. The van der Waals surface area contributed by atoms with Crippen LogP contribution in [0.1, 0.15) is 79.1 Å². The Hall–Kier alpha value is -0.900. The Morgan fingerprint density at radius 2 is 1.48 bits per heavy atom. The van der Waals surface area contributed by atoms with Gasteiger partial charge in [-0.15, -0.1) is 0 Å². The van der Waals surface area contributed by atoms with Crippen molar-refractivity contribution in [2.45, 2.75) is 79.1 Å². The van der Waals surface area contributed by atoms with Gasteiger partial charge in [0.25, 0.3) is 0 Å². The predicted molar refractivity (Wildman–Crippen MR) is 105 cm³/mol. The zero-order chi connectivity index (χ0) is 18.7. The lowest BCUT2D eigenvalue weighted by atomic mass is 9.92. The van der Waals surface area contributed by atoms with Crippen LogP contribution in [0.4, 0.5) is 0 Å². The fourth-order valence-corrected chi connectivity index (χ4v) is 4.10. The van der Waals surface area contributed by atoms with Gasteiger partial charge < -0.3 is 9.80 Å². The molecule has 1 aliphatic heterocycles. The van der Waals surface area contributed by atoms with Crippen LogP contribution in [0.15, 0.2) is 0 Å². The molecule has 0 spiro atoms. The molecule has 0 aromatic rings. The van der Waals surface area contributed by atoms with E-state index >= 15 is 0 Å². The first-order valence-corrected chi connectivity index (χ1v) is 10.5. The zero-order valence-electron chi connectivity index (χ0n) is 17.1. The van der Waals surface area contributed by atoms with Gasteiger partial charge in [-0.3, -0.25) is 9.59 Å². The van der Waals surface area contributed by atoms with E-state index in [2.05, 4.69) is 32.6 Å². The summed E-state index contributed by atoms with van der Waals surface area (Å²) in [5.74, 6) is 2.09. The standard InChI is InChI=1S/C21H40N2O2/c1-5-12-23(13-6-2)21(25)11-7-9-20(24)10-8-14-22-16-18(3)15-19(4)17-22/h18-19H,5-17H2,1-4H3. The average molecular weight is 353 g/mol. The highest BCUT2D eigenvalue weighted by atomic mass is 16.2. The fourth-order valence-electron chi connectivity index (χ4n) is 4.10. The molecule has 2 unspecified atom stereocenters. The minimum atomic E-state index is 0.216. The van der Waals surface area contributed by atoms with Gasteiger partial charge in [-0.05, 0) is 50.5 Å². The number of amides is 1. The van der Waals surface area contributed by atoms with Gasteiger partial charge >= 0.3 is 0 Å². The molecule has 1 heterocycles. The molecule has 0 bridgehead atoms. The maximum Gasteiger partial charge on any atom is 0.222 e. The fraction of sp³-hybridized carbons (Fsp3) is 0.905. The van der Waals surface area contributed by atoms with Crippen molar-refractivity contribution < 1.29 is 9.59 Å². The number of ketones is 1. The first-order chi connectivity index (χ1) is 12.0. The summed E-state index contributed by atoms with van der Waals surface area (Å²) in [4.78, 5) is 28.7. The molecule has 1 saturated heterocycles. The van der Waals surface area contributed by atoms with Crippen molar-refractivity contribution in [1.82, 2.24) is 9.80 Å². The van der Waals surface area contributed by atoms with Crippen LogP contribution < -0.4 is 0 Å². The summed E-state index contributed by atoms with van der Waals surface area (Å²) in [5, 5.41) is 0. The Balaban J connectivity index is 2.15. The van der Waals surface area contributed by atoms with Gasteiger partial charge in [0.15, 0.2) is 0 Å². The lowest BCUT2D eigenvalue weighted by Crippen LogP contribution is -2.39. The molecule has 0 radical (unpaired) electrons. The first-order valence-electron chi connectivity index (χ1n) is 10.5. The second kappa shape index (κ2) is 12.5. The molecule has 0 aliphatic carbocycles. The van der Waals surface area contributed by atoms with Crippen LogP contribution in [0.2, 0.25) is 0 Å². The van der Waals surface area contributed by atoms with E-state index in [1.807, 2.05) is 4.90 Å². The minimum absolute atomic E-state index is 0.216. The van der Waals surface area contributed by atoms with E-state index in [1.165, 1.54) is 19.5 Å². The third kappa shape index (κ3) is 9.39. The number of carbonyl (C=O) groups excluding carboxylic acids is 2. The van der Waals surface area contributed by atoms with Gasteiger partial charge in [0.1, 0.15) is 5.78 Å². The van der Waals surface area contributed by atoms with Crippen molar-refractivity contribution in [3.63, 3.8) is 0 Å². The largest absolute Gasteiger partial charge is 0.343 e. The summed E-state index contributed by atoms with van der Waals surface area (Å²) in [5.41, 5.74) is 0. The maximum absolute atomic E-state index is 12.2. The summed E-state index contributed by atoms with van der Waals surface area (Å²) in [6.07, 6.45) is 6.75. The summed E-state index contributed by atoms with van der Waals surface area (Å²) in [6.45, 7) is 13.9. The van der Waals surface area contributed by atoms with Crippen molar-refractivity contribution >= 4 is 11.7 Å². The van der Waals surface area contributed by atoms with E-state index < -0.39 is 0 Å². The molecule has 25 heavy (non-hydrogen) atoms. The second-order valence-electron chi connectivity index (χ2n) is 8.08. The quantitative estimate of drug-likeness (QED) is 0.530. The number of nitrogens with zero attached hydrogens (tertiary/aromatic N) is 2. The minimum Gasteiger partial charge on any atom is -0.343 e. The van der Waals surface area contributed by atoms with Crippen LogP contribution in [0.5, 0.6) is 0 Å². The molecular weight excluding hydrogens is 312 g/mol. The van der Waals surface area contributed by atoms with Crippen LogP contribution in [0.25, 0.3) is 0 Å². The zero-order valence-corrected chi connectivity index (χ0v) is 17.1. The van der Waals surface area contributed by atoms with Gasteiger partial charge in [-0.1, -0.05) is 27.7 Å². The monoisotopic (exact) mass is 352 g/mol. The number of hydrogen-bond donors (Lipinski definition) is 0. The maximum atomic E-state index is 12.2. The van der Waals surface area contributed by atoms with Crippen LogP contribution >= 0.6 is 0 Å². The Morgan fingerprint density at radius 1 is 0.920 bits per heavy atom. The van der Waals surface area contributed by atoms with Crippen LogP contribution in [-0.2, 0) is 9.59 Å². The summed E-state index contributed by atoms with van der Waals surface area (Å²) in [6, 6.07) is 0. The third-order valence-electron chi connectivity index (χ3n) is 5.06. The smallest absolute Gasteiger partial charge is 0.222 e. The molecule has 1 fully saturated rings. The van der Waals surface area contributed by atoms with E-state index in [1.54, 1.807) is 0 Å². The van der Waals surface area contributed by atoms with E-state index in [0.717, 1.165) is 50.7 Å². The van der Waals surface area contributed by atoms with E-state index in [-0.39, 0.29) is 5.91 Å². The summed E-state index contributed by atoms with van der Waals surface area (Å²) >= 11 is 0. The number of rotatable bonds is 12. The topological polar surface area (TPSA) is 40.6 Å². The van der Waals surface area contributed by atoms with Crippen molar-refractivity contribution in [2.75, 3.05) is 32.7 Å². The van der Waals surface area contributed by atoms with E-state index in [9.17, 15) is 9.59 Å². The molecule has 4 heteroatoms. The molecule has 1 aliphatic rings. The Labute approximate surface area is 155 Å². The molecule has 0 aromatic heterocycles. The highest BCUT2D eigenvalue weighted by molar-refractivity contribution is 5.80. The lowest BCUT2D eigenvalue weighted by Gasteiger charge is -2.34. The van der Waals surface area contributed by atoms with Crippen LogP contribution in [0, 0.1) is 11.8 Å². The second-order valence-corrected chi connectivity index (χ2v) is 8.08. The van der Waals surface area contributed by atoms with Crippen molar-refractivity contribution in [2.24, 2.45) is 11.8 Å². The molecule has 1 amide bonds. The average Bonchev–Trinajstić information content (AvgIpc) is 2.53. The molecule has 4 nitrogen and oxygen atoms in total. The molecule has 146 valence electrons. The highest BCUT2D eigenvalue weighted by Crippen LogP contribution is 2.21. The van der Waals surface area contributed by atoms with Gasteiger partial charge in [-0.25, -0.2) is 0 Å². The van der Waals surface area contributed by atoms with Crippen LogP contribution in [0.3, 0.4) is 0 Å². The Bertz CT molecular complexity index is 381. The van der Waals surface area contributed by atoms with E-state index in [4.69, 9.17) is 0 Å². The van der Waals surface area contributed by atoms with Gasteiger partial charge in [0.05, 0.1) is 0 Å². The highest BCUT2D eigenvalue weighted by Gasteiger charge is 2.21. The number of piperidine rings is 1. The molecule has 1 rings (SSSR count). The summed E-state index contributed by atoms with van der Waals surface area (Å²) in [7, 11) is 0. The molecule has 0 aromatic carbocycles. The van der Waals surface area contributed by atoms with Crippen molar-refractivity contribution in [3.05, 3.63) is 0 Å². The predicted octanol–water partition coefficient (Wildman–Crippen LogP) is 4.13. The van der Waals surface area contributed by atoms with Crippen molar-refractivity contribution in [1.29, 1.82) is 0 Å². The first kappa shape index (κ1) is 22.1. The van der Waals surface area contributed by atoms with Gasteiger partial charge in [-0.2, -0.15) is 0 Å². The molecular formula is C21H40N2O2. The van der Waals surface area contributed by atoms with E-state index in [0.29, 0.717) is 31.5 Å². The molecule has 2 atom stereocenters. The Morgan fingerprint density at radius 3 is 2.04 bits per heavy atom.